The Morgan fingerprint density at radius 3 is 1.44 bits per heavy atom. The molecule has 0 aromatic rings. The molecule has 0 fully saturated rings. The van der Waals surface area contributed by atoms with E-state index in [1.807, 2.05) is 0 Å². The van der Waals surface area contributed by atoms with Crippen molar-refractivity contribution in [1.29, 1.82) is 0 Å². The van der Waals surface area contributed by atoms with E-state index in [0.29, 0.717) is 0 Å². The maximum Gasteiger partial charge on any atom is 0.326 e. The standard InChI is InChI=1S/C3H2Br4F2/c4-1-2(5,6)3(7,8)9/h1H2. The minimum atomic E-state index is -2.95. The lowest BCUT2D eigenvalue weighted by Gasteiger charge is -2.22. The summed E-state index contributed by atoms with van der Waals surface area (Å²) < 4.78 is 23.2. The molecule has 0 radical (unpaired) electrons. The Kier molecular flexibility index (Phi) is 4.13. The highest BCUT2D eigenvalue weighted by Crippen LogP contribution is 2.47. The second kappa shape index (κ2) is 3.45. The van der Waals surface area contributed by atoms with Crippen molar-refractivity contribution in [2.24, 2.45) is 0 Å². The highest BCUT2D eigenvalue weighted by atomic mass is 79.9. The third kappa shape index (κ3) is 3.12. The van der Waals surface area contributed by atoms with Crippen molar-refractivity contribution in [3.8, 4) is 0 Å². The topological polar surface area (TPSA) is 0 Å². The van der Waals surface area contributed by atoms with Crippen LogP contribution in [0.3, 0.4) is 0 Å². The van der Waals surface area contributed by atoms with Crippen LogP contribution in [0.15, 0.2) is 0 Å². The molecule has 56 valence electrons. The van der Waals surface area contributed by atoms with Crippen molar-refractivity contribution >= 4 is 63.7 Å². The van der Waals surface area contributed by atoms with Crippen LogP contribution >= 0.6 is 63.7 Å². The van der Waals surface area contributed by atoms with Gasteiger partial charge >= 0.3 is 4.83 Å². The summed E-state index contributed by atoms with van der Waals surface area (Å²) in [6.45, 7) is 0. The normalized spacial score (nSPS) is 14.0. The fourth-order valence-electron chi connectivity index (χ4n) is 0.0758. The summed E-state index contributed by atoms with van der Waals surface area (Å²) in [4.78, 5) is -2.95. The summed E-state index contributed by atoms with van der Waals surface area (Å²) in [6.07, 6.45) is 0. The first-order valence-electron chi connectivity index (χ1n) is 1.82. The smallest absolute Gasteiger partial charge is 0.191 e. The molecule has 6 heteroatoms. The van der Waals surface area contributed by atoms with E-state index in [0.717, 1.165) is 0 Å². The van der Waals surface area contributed by atoms with Crippen LogP contribution in [0.4, 0.5) is 8.78 Å². The molecule has 0 heterocycles. The van der Waals surface area contributed by atoms with Crippen molar-refractivity contribution in [3.63, 3.8) is 0 Å². The second-order valence-corrected chi connectivity index (χ2v) is 6.66. The number of hydrogen-bond acceptors (Lipinski definition) is 0. The van der Waals surface area contributed by atoms with Gasteiger partial charge in [0, 0.05) is 5.33 Å². The van der Waals surface area contributed by atoms with Gasteiger partial charge in [0.2, 0.25) is 0 Å². The van der Waals surface area contributed by atoms with Gasteiger partial charge in [-0.25, -0.2) is 0 Å². The molecule has 0 amide bonds. The van der Waals surface area contributed by atoms with Gasteiger partial charge in [0.1, 0.15) is 0 Å². The van der Waals surface area contributed by atoms with E-state index in [1.165, 1.54) is 0 Å². The average Bonchev–Trinajstić information content (AvgIpc) is 1.64. The van der Waals surface area contributed by atoms with Crippen molar-refractivity contribution in [1.82, 2.24) is 0 Å². The zero-order chi connectivity index (χ0) is 7.71. The van der Waals surface area contributed by atoms with Crippen molar-refractivity contribution in [2.75, 3.05) is 5.33 Å². The molecule has 0 aromatic carbocycles. The Bertz CT molecular complexity index is 96.5. The Hall–Kier alpha value is 1.78. The SMILES string of the molecule is FC(F)(Br)C(Br)(Br)CBr. The fraction of sp³-hybridized carbons (Fsp3) is 1.00. The van der Waals surface area contributed by atoms with E-state index in [2.05, 4.69) is 63.7 Å². The molecule has 0 aliphatic carbocycles. The van der Waals surface area contributed by atoms with Crippen LogP contribution in [0, 0.1) is 0 Å². The lowest BCUT2D eigenvalue weighted by molar-refractivity contribution is 0.112. The highest BCUT2D eigenvalue weighted by molar-refractivity contribution is 9.27. The molecule has 0 aliphatic rings. The van der Waals surface area contributed by atoms with Crippen LogP contribution in [0.5, 0.6) is 0 Å². The van der Waals surface area contributed by atoms with Gasteiger partial charge in [-0.1, -0.05) is 47.8 Å². The number of halogens is 6. The van der Waals surface area contributed by atoms with E-state index in [1.54, 1.807) is 0 Å². The van der Waals surface area contributed by atoms with Crippen LogP contribution in [0.25, 0.3) is 0 Å². The van der Waals surface area contributed by atoms with Crippen LogP contribution in [0.2, 0.25) is 0 Å². The molecule has 0 unspecified atom stereocenters. The fourth-order valence-corrected chi connectivity index (χ4v) is 0.944. The second-order valence-electron chi connectivity index (χ2n) is 1.34. The third-order valence-corrected chi connectivity index (χ3v) is 6.23. The zero-order valence-electron chi connectivity index (χ0n) is 3.97. The lowest BCUT2D eigenvalue weighted by Crippen LogP contribution is -2.32. The lowest BCUT2D eigenvalue weighted by atomic mass is 10.5. The average molecular weight is 396 g/mol. The summed E-state index contributed by atoms with van der Waals surface area (Å²) in [5.41, 5.74) is 0. The van der Waals surface area contributed by atoms with E-state index >= 15 is 0 Å². The minimum absolute atomic E-state index is 0.109. The van der Waals surface area contributed by atoms with Gasteiger partial charge in [-0.05, 0) is 15.9 Å². The summed E-state index contributed by atoms with van der Waals surface area (Å²) in [5.74, 6) is 0. The molecule has 0 rings (SSSR count). The Morgan fingerprint density at radius 2 is 1.44 bits per heavy atom. The van der Waals surface area contributed by atoms with Gasteiger partial charge in [0.15, 0.2) is 3.23 Å². The maximum atomic E-state index is 12.3. The minimum Gasteiger partial charge on any atom is -0.191 e. The molecule has 0 saturated carbocycles. The van der Waals surface area contributed by atoms with E-state index < -0.39 is 8.07 Å². The van der Waals surface area contributed by atoms with Gasteiger partial charge in [-0.2, -0.15) is 8.78 Å². The first kappa shape index (κ1) is 10.8. The number of rotatable bonds is 2. The van der Waals surface area contributed by atoms with Crippen molar-refractivity contribution in [3.05, 3.63) is 0 Å². The molecule has 0 aliphatic heterocycles. The van der Waals surface area contributed by atoms with Crippen LogP contribution < -0.4 is 0 Å². The molecule has 0 nitrogen and oxygen atoms in total. The molecular formula is C3H2Br4F2. The van der Waals surface area contributed by atoms with Crippen LogP contribution in [-0.4, -0.2) is 13.4 Å². The van der Waals surface area contributed by atoms with Crippen molar-refractivity contribution < 1.29 is 8.78 Å². The molecule has 0 spiro atoms. The Morgan fingerprint density at radius 1 is 1.11 bits per heavy atom. The predicted octanol–water partition coefficient (Wildman–Crippen LogP) is 3.86. The third-order valence-electron chi connectivity index (χ3n) is 0.583. The summed E-state index contributed by atoms with van der Waals surface area (Å²) in [5, 5.41) is 0.109. The molecule has 0 bridgehead atoms. The molecule has 0 atom stereocenters. The van der Waals surface area contributed by atoms with Gasteiger partial charge in [-0.15, -0.1) is 0 Å². The molecule has 0 saturated heterocycles. The van der Waals surface area contributed by atoms with Gasteiger partial charge < -0.3 is 0 Å². The van der Waals surface area contributed by atoms with E-state index in [-0.39, 0.29) is 5.33 Å². The summed E-state index contributed by atoms with van der Waals surface area (Å²) in [7, 11) is 0. The number of hydrogen-bond donors (Lipinski definition) is 0. The first-order valence-corrected chi connectivity index (χ1v) is 5.32. The van der Waals surface area contributed by atoms with Gasteiger partial charge in [0.05, 0.1) is 0 Å². The summed E-state index contributed by atoms with van der Waals surface area (Å²) >= 11 is 10.7. The molecule has 9 heavy (non-hydrogen) atoms. The van der Waals surface area contributed by atoms with Crippen LogP contribution in [-0.2, 0) is 0 Å². The van der Waals surface area contributed by atoms with Crippen LogP contribution in [0.1, 0.15) is 0 Å². The van der Waals surface area contributed by atoms with Gasteiger partial charge in [0.25, 0.3) is 0 Å². The number of alkyl halides is 6. The Balaban J connectivity index is 4.14. The summed E-state index contributed by atoms with van der Waals surface area (Å²) in [6, 6.07) is 0. The quantitative estimate of drug-likeness (QED) is 0.623. The Labute approximate surface area is 85.3 Å². The van der Waals surface area contributed by atoms with Gasteiger partial charge in [-0.3, -0.25) is 0 Å². The predicted molar refractivity (Wildman–Crippen MR) is 48.3 cm³/mol. The molecule has 0 aromatic heterocycles. The monoisotopic (exact) mass is 392 g/mol. The highest BCUT2D eigenvalue weighted by Gasteiger charge is 2.47. The largest absolute Gasteiger partial charge is 0.326 e. The molecular weight excluding hydrogens is 394 g/mol. The molecule has 0 N–H and O–H groups in total. The maximum absolute atomic E-state index is 12.3. The van der Waals surface area contributed by atoms with Crippen molar-refractivity contribution in [2.45, 2.75) is 8.07 Å². The van der Waals surface area contributed by atoms with E-state index in [9.17, 15) is 8.78 Å². The van der Waals surface area contributed by atoms with E-state index in [4.69, 9.17) is 0 Å². The zero-order valence-corrected chi connectivity index (χ0v) is 10.3. The first-order chi connectivity index (χ1) is 3.81.